The van der Waals surface area contributed by atoms with Crippen LogP contribution in [0.15, 0.2) is 443 Å². The third kappa shape index (κ3) is 43.0. The molecule has 0 saturated carbocycles. The maximum absolute atomic E-state index is 5.19. The molecule has 136 heavy (non-hydrogen) atoms. The first-order valence-corrected chi connectivity index (χ1v) is 97.5. The topological polar surface area (TPSA) is 18.5 Å². The Morgan fingerprint density at radius 2 is 0.309 bits per heavy atom. The van der Waals surface area contributed by atoms with Crippen molar-refractivity contribution in [3.8, 4) is 11.5 Å². The van der Waals surface area contributed by atoms with Crippen LogP contribution in [0, 0.1) is 69.2 Å². The van der Waals surface area contributed by atoms with Gasteiger partial charge >= 0.3 is 919 Å². The van der Waals surface area contributed by atoms with E-state index < -0.39 is 146 Å². The molecule has 0 amide bonds. The van der Waals surface area contributed by atoms with Gasteiger partial charge in [0.2, 0.25) is 0 Å². The predicted octanol–water partition coefficient (Wildman–Crippen LogP) is 19.8. The average Bonchev–Trinajstić information content (AvgIpc) is 0.866. The Labute approximate surface area is 904 Å². The molecule has 0 heterocycles. The summed E-state index contributed by atoms with van der Waals surface area (Å²) in [6.07, 6.45) is 0. The number of rotatable bonds is 19. The number of aryl methyl sites for hydroxylation is 10. The average molecular weight is 3160 g/mol. The molecule has 0 spiro atoms. The molecule has 17 rings (SSSR count). The van der Waals surface area contributed by atoms with E-state index in [1.807, 2.05) is 24.3 Å². The molecule has 0 atom stereocenters. The summed E-state index contributed by atoms with van der Waals surface area (Å²) in [7, 11) is 3.39. The Morgan fingerprint density at radius 1 is 0.169 bits per heavy atom. The number of methoxy groups -OCH3 is 2. The molecule has 0 saturated heterocycles. The van der Waals surface area contributed by atoms with Gasteiger partial charge in [-0.3, -0.25) is 0 Å². The van der Waals surface area contributed by atoms with Gasteiger partial charge in [0.1, 0.15) is 0 Å². The molecule has 0 N–H and O–H groups in total. The quantitative estimate of drug-likeness (QED) is 0.0751. The first-order valence-electron chi connectivity index (χ1n) is 45.7. The predicted molar refractivity (Wildman–Crippen MR) is 620 cm³/mol. The van der Waals surface area contributed by atoms with Crippen LogP contribution in [0.2, 0.25) is 48.3 Å². The van der Waals surface area contributed by atoms with Crippen LogP contribution >= 0.6 is 0 Å². The minimum absolute atomic E-state index is 0.143. The van der Waals surface area contributed by atoms with Gasteiger partial charge in [-0.25, -0.2) is 0 Å². The van der Waals surface area contributed by atoms with Gasteiger partial charge < -0.3 is 0 Å². The SMILES string of the molecule is COc1cc[c]([Sb]([CH3])[c]2ccc(OC)cc2)cc1.C[Te]c1ccc(C)cc1.C[Te]c1ccc(C)cc1.C[Te]c1ccccc1.Cc1cc[c]([Bi]([CH3])[c]2ccc(C)cc2)cc1.Cc1cc[c]([Bi]([CH3])[c]2ccc(C)cc2)cc1.Cc1cc[c]([Sb]([CH3])[c]2ccc(C)cc2)cc1.Cc1cc[c]([Sb]([CH3])[c]2ccc(C)cc2)cc1.[CH3][Bi]([c]1ccccc1)[c]1ccccc1.[CH3][Sb]([c]1ccccc1)[c]1ccccc1. The third-order valence-corrected chi connectivity index (χ3v) is 78.2. The van der Waals surface area contributed by atoms with Crippen LogP contribution in [0.5, 0.6) is 11.5 Å². The maximum atomic E-state index is 5.19. The Bertz CT molecular complexity index is 5260. The molecular weight excluding hydrogens is 3020 g/mol. The molecule has 2 nitrogen and oxygen atoms in total. The van der Waals surface area contributed by atoms with Crippen molar-refractivity contribution < 1.29 is 9.47 Å². The van der Waals surface area contributed by atoms with E-state index in [1.54, 1.807) is 62.1 Å². The molecule has 0 fully saturated rings. The van der Waals surface area contributed by atoms with Crippen molar-refractivity contribution in [2.75, 3.05) is 14.2 Å². The molecule has 17 aromatic rings. The van der Waals surface area contributed by atoms with Crippen molar-refractivity contribution in [3.05, 3.63) is 498 Å². The molecule has 700 valence electrons. The standard InChI is InChI=1S/2C8H10Te.2C7H7O.C7H8Te.8C7H7.4C6H5.7CH3.3Bi.4Sb/c2*1-7-3-5-8(9-2)6-4-7;3*1-8-7-5-3-2-4-6-7;8*1-7-5-3-2-4-6-7;4*1-2-4-6-5-3-1;;;;;;;;;;;;;;/h2*3-6H,1-2H3;2*3-6H,1H3;2-6H,1H3;8*3-6H,1H3;4*1-5H;7*1H3;;;;;;;. The van der Waals surface area contributed by atoms with Gasteiger partial charge in [-0.1, -0.05) is 0 Å². The summed E-state index contributed by atoms with van der Waals surface area (Å²) >= 11 is -10.1. The molecule has 12 heteroatoms. The summed E-state index contributed by atoms with van der Waals surface area (Å²) in [6.45, 7) is 21.4. The van der Waals surface area contributed by atoms with Gasteiger partial charge in [0, 0.05) is 0 Å². The molecule has 0 radical (unpaired) electrons. The van der Waals surface area contributed by atoms with Crippen molar-refractivity contribution in [3.63, 3.8) is 0 Å². The van der Waals surface area contributed by atoms with Gasteiger partial charge in [0.05, 0.1) is 0 Å². The fraction of sp³-hybridized carbons (Fsp3) is 0.177. The molecule has 0 aliphatic rings. The normalized spacial score (nSPS) is 10.4. The summed E-state index contributed by atoms with van der Waals surface area (Å²) in [4.78, 5) is 16.6. The molecule has 0 aromatic heterocycles. The van der Waals surface area contributed by atoms with Crippen LogP contribution in [0.1, 0.15) is 55.6 Å². The van der Waals surface area contributed by atoms with Crippen molar-refractivity contribution in [2.24, 2.45) is 0 Å². The molecule has 17 aromatic carbocycles. The summed E-state index contributed by atoms with van der Waals surface area (Å²) in [5.41, 5.74) is 13.5. The second kappa shape index (κ2) is 65.7. The van der Waals surface area contributed by atoms with Crippen LogP contribution in [0.4, 0.5) is 0 Å². The summed E-state index contributed by atoms with van der Waals surface area (Å²) in [6, 6.07) is 161. The molecular formula is C124H139Bi3O2Sb4Te3. The van der Waals surface area contributed by atoms with E-state index in [4.69, 9.17) is 9.47 Å². The van der Waals surface area contributed by atoms with Crippen molar-refractivity contribution in [1.82, 2.24) is 0 Å². The Morgan fingerprint density at radius 3 is 0.485 bits per heavy atom. The van der Waals surface area contributed by atoms with Gasteiger partial charge in [-0.05, 0) is 0 Å². The monoisotopic (exact) mass is 3160 g/mol. The van der Waals surface area contributed by atoms with Gasteiger partial charge in [-0.2, -0.15) is 0 Å². The fourth-order valence-corrected chi connectivity index (χ4v) is 51.6. The van der Waals surface area contributed by atoms with Crippen LogP contribution in [-0.2, 0) is 0 Å². The van der Waals surface area contributed by atoms with E-state index in [-0.39, 0.29) is 62.8 Å². The zero-order valence-electron chi connectivity index (χ0n) is 83.8. The van der Waals surface area contributed by atoms with E-state index in [1.165, 1.54) is 66.3 Å². The Hall–Kier alpha value is -5.37. The fourth-order valence-electron chi connectivity index (χ4n) is 13.3. The van der Waals surface area contributed by atoms with Crippen molar-refractivity contribution in [1.29, 1.82) is 0 Å². The van der Waals surface area contributed by atoms with Gasteiger partial charge in [0.25, 0.3) is 0 Å². The summed E-state index contributed by atoms with van der Waals surface area (Å²) in [5.74, 6) is 1.84. The van der Waals surface area contributed by atoms with E-state index in [0.29, 0.717) is 0 Å². The Balaban J connectivity index is 0.000000187. The second-order valence-corrected chi connectivity index (χ2v) is 90.1. The summed E-state index contributed by atoms with van der Waals surface area (Å²) in [5, 5.41) is 0. The molecule has 0 unspecified atom stereocenters. The zero-order chi connectivity index (χ0) is 97.9. The van der Waals surface area contributed by atoms with Gasteiger partial charge in [-0.15, -0.1) is 0 Å². The minimum atomic E-state index is -1.63. The van der Waals surface area contributed by atoms with E-state index in [0.717, 1.165) is 11.5 Å². The Kier molecular flexibility index (Phi) is 56.0. The molecule has 0 bridgehead atoms. The summed E-state index contributed by atoms with van der Waals surface area (Å²) < 4.78 is 44.2. The zero-order valence-corrected chi connectivity index (χ0v) is 111. The third-order valence-electron chi connectivity index (χ3n) is 22.4. The first-order chi connectivity index (χ1) is 65.7. The number of benzene rings is 17. The van der Waals surface area contributed by atoms with E-state index in [9.17, 15) is 0 Å². The molecule has 0 aliphatic heterocycles. The van der Waals surface area contributed by atoms with E-state index in [2.05, 4.69) is 536 Å². The molecule has 0 aliphatic carbocycles. The number of hydrogen-bond acceptors (Lipinski definition) is 2. The van der Waals surface area contributed by atoms with E-state index >= 15 is 0 Å². The van der Waals surface area contributed by atoms with Crippen LogP contribution in [-0.4, -0.2) is 223 Å². The number of hydrogen-bond donors (Lipinski definition) is 0. The number of ether oxygens (including phenoxy) is 2. The van der Waals surface area contributed by atoms with Crippen LogP contribution in [0.3, 0.4) is 0 Å². The van der Waals surface area contributed by atoms with Crippen LogP contribution in [0.25, 0.3) is 0 Å². The second-order valence-electron chi connectivity index (χ2n) is 32.9. The van der Waals surface area contributed by atoms with Crippen molar-refractivity contribution in [2.45, 2.75) is 118 Å². The van der Waals surface area contributed by atoms with Crippen LogP contribution < -0.4 is 68.0 Å². The van der Waals surface area contributed by atoms with Gasteiger partial charge in [0.15, 0.2) is 0 Å². The first kappa shape index (κ1) is 116. The van der Waals surface area contributed by atoms with Crippen molar-refractivity contribution >= 4 is 267 Å².